The van der Waals surface area contributed by atoms with Gasteiger partial charge in [-0.2, -0.15) is 0 Å². The smallest absolute Gasteiger partial charge is 0.275 e. The molecule has 1 aromatic carbocycles. The fourth-order valence-corrected chi connectivity index (χ4v) is 3.64. The zero-order valence-electron chi connectivity index (χ0n) is 17.6. The Balaban J connectivity index is 1.61. The first-order chi connectivity index (χ1) is 14.9. The van der Waals surface area contributed by atoms with E-state index in [9.17, 15) is 14.4 Å². The lowest BCUT2D eigenvalue weighted by Crippen LogP contribution is -2.31. The normalized spacial score (nSPS) is 10.8. The van der Waals surface area contributed by atoms with Crippen molar-refractivity contribution >= 4 is 39.7 Å². The number of amides is 3. The summed E-state index contributed by atoms with van der Waals surface area (Å²) in [6.45, 7) is 4.13. The molecule has 0 unspecified atom stereocenters. The van der Waals surface area contributed by atoms with Crippen molar-refractivity contribution in [2.75, 3.05) is 19.0 Å². The number of fused-ring (bicyclic) bond motifs is 1. The molecule has 0 aliphatic rings. The van der Waals surface area contributed by atoms with Crippen LogP contribution in [0.25, 0.3) is 4.96 Å². The lowest BCUT2D eigenvalue weighted by Gasteiger charge is -2.12. The van der Waals surface area contributed by atoms with Gasteiger partial charge in [0.05, 0.1) is 12.7 Å². The molecule has 9 nitrogen and oxygen atoms in total. The minimum absolute atomic E-state index is 0.0503. The molecule has 10 heteroatoms. The average Bonchev–Trinajstić information content (AvgIpc) is 3.33. The molecule has 0 bridgehead atoms. The van der Waals surface area contributed by atoms with E-state index in [1.807, 2.05) is 25.4 Å². The van der Waals surface area contributed by atoms with Gasteiger partial charge in [0.1, 0.15) is 11.4 Å². The highest BCUT2D eigenvalue weighted by molar-refractivity contribution is 7.15. The molecule has 31 heavy (non-hydrogen) atoms. The predicted molar refractivity (Wildman–Crippen MR) is 119 cm³/mol. The average molecular weight is 444 g/mol. The lowest BCUT2D eigenvalue weighted by atomic mass is 10.1. The lowest BCUT2D eigenvalue weighted by molar-refractivity contribution is -0.121. The molecule has 0 fully saturated rings. The van der Waals surface area contributed by atoms with E-state index in [4.69, 9.17) is 4.74 Å². The van der Waals surface area contributed by atoms with E-state index in [0.717, 1.165) is 4.96 Å². The van der Waals surface area contributed by atoms with Gasteiger partial charge >= 0.3 is 0 Å². The molecular weight excluding hydrogens is 418 g/mol. The van der Waals surface area contributed by atoms with Crippen LogP contribution in [0.4, 0.5) is 5.69 Å². The highest BCUT2D eigenvalue weighted by atomic mass is 32.1. The Labute approximate surface area is 183 Å². The van der Waals surface area contributed by atoms with Crippen molar-refractivity contribution in [3.8, 4) is 5.75 Å². The second kappa shape index (κ2) is 10.1. The number of hydrogen-bond acceptors (Lipinski definition) is 6. The van der Waals surface area contributed by atoms with Gasteiger partial charge in [-0.1, -0.05) is 0 Å². The molecule has 3 N–H and O–H groups in total. The van der Waals surface area contributed by atoms with Crippen molar-refractivity contribution in [1.29, 1.82) is 0 Å². The Kier molecular flexibility index (Phi) is 7.24. The van der Waals surface area contributed by atoms with Crippen LogP contribution in [0.3, 0.4) is 0 Å². The zero-order valence-corrected chi connectivity index (χ0v) is 18.4. The number of hydrogen-bond donors (Lipinski definition) is 3. The van der Waals surface area contributed by atoms with E-state index in [-0.39, 0.29) is 35.0 Å². The molecule has 164 valence electrons. The first kappa shape index (κ1) is 22.3. The number of anilines is 1. The highest BCUT2D eigenvalue weighted by Gasteiger charge is 2.16. The topological polar surface area (TPSA) is 114 Å². The molecule has 0 aliphatic heterocycles. The predicted octanol–water partition coefficient (Wildman–Crippen LogP) is 2.69. The molecule has 0 spiro atoms. The van der Waals surface area contributed by atoms with Crippen molar-refractivity contribution in [2.45, 2.75) is 32.7 Å². The van der Waals surface area contributed by atoms with E-state index in [2.05, 4.69) is 20.9 Å². The van der Waals surface area contributed by atoms with Gasteiger partial charge in [0.15, 0.2) is 4.96 Å². The monoisotopic (exact) mass is 443 g/mol. The largest absolute Gasteiger partial charge is 0.496 e. The number of nitrogens with one attached hydrogen (secondary N) is 3. The van der Waals surface area contributed by atoms with Gasteiger partial charge in [0, 0.05) is 42.5 Å². The van der Waals surface area contributed by atoms with Gasteiger partial charge in [-0.15, -0.1) is 11.3 Å². The van der Waals surface area contributed by atoms with Crippen molar-refractivity contribution in [3.05, 3.63) is 47.2 Å². The van der Waals surface area contributed by atoms with Gasteiger partial charge in [0.2, 0.25) is 5.91 Å². The van der Waals surface area contributed by atoms with Crippen molar-refractivity contribution < 1.29 is 19.1 Å². The summed E-state index contributed by atoms with van der Waals surface area (Å²) >= 11 is 1.43. The maximum absolute atomic E-state index is 12.6. The van der Waals surface area contributed by atoms with Crippen LogP contribution in [0.1, 0.15) is 47.5 Å². The number of ether oxygens (including phenoxy) is 1. The number of carbonyl (C=O) groups is 3. The molecule has 0 radical (unpaired) electrons. The summed E-state index contributed by atoms with van der Waals surface area (Å²) in [4.78, 5) is 41.8. The van der Waals surface area contributed by atoms with Gasteiger partial charge in [-0.3, -0.25) is 18.8 Å². The number of thiazole rings is 1. The van der Waals surface area contributed by atoms with Crippen LogP contribution >= 0.6 is 11.3 Å². The maximum Gasteiger partial charge on any atom is 0.275 e. The molecule has 0 saturated carbocycles. The standard InChI is InChI=1S/C21H25N5O4S/c1-13(2)23-18(27)5-4-8-22-19(28)15-11-14(6-7-17(15)30-3)24-20(29)16-12-26-9-10-31-21(26)25-16/h6-7,9-13H,4-5,8H2,1-3H3,(H,22,28)(H,23,27)(H,24,29). The highest BCUT2D eigenvalue weighted by Crippen LogP contribution is 2.23. The van der Waals surface area contributed by atoms with Crippen LogP contribution in [-0.2, 0) is 4.79 Å². The molecular formula is C21H25N5O4S. The van der Waals surface area contributed by atoms with Crippen molar-refractivity contribution in [2.24, 2.45) is 0 Å². The van der Waals surface area contributed by atoms with Crippen LogP contribution in [-0.4, -0.2) is 46.8 Å². The molecule has 0 atom stereocenters. The summed E-state index contributed by atoms with van der Waals surface area (Å²) in [6.07, 6.45) is 4.31. The third-order valence-corrected chi connectivity index (χ3v) is 5.11. The van der Waals surface area contributed by atoms with Crippen LogP contribution in [0.15, 0.2) is 36.0 Å². The van der Waals surface area contributed by atoms with Crippen molar-refractivity contribution in [1.82, 2.24) is 20.0 Å². The first-order valence-electron chi connectivity index (χ1n) is 9.86. The number of carbonyl (C=O) groups excluding carboxylic acids is 3. The van der Waals surface area contributed by atoms with E-state index in [0.29, 0.717) is 30.8 Å². The Morgan fingerprint density at radius 1 is 1.23 bits per heavy atom. The number of aromatic nitrogens is 2. The molecule has 0 saturated heterocycles. The number of imidazole rings is 1. The van der Waals surface area contributed by atoms with Crippen LogP contribution < -0.4 is 20.7 Å². The Morgan fingerprint density at radius 3 is 2.74 bits per heavy atom. The van der Waals surface area contributed by atoms with E-state index < -0.39 is 0 Å². The van der Waals surface area contributed by atoms with Gasteiger partial charge in [0.25, 0.3) is 11.8 Å². The van der Waals surface area contributed by atoms with Crippen LogP contribution in [0, 0.1) is 0 Å². The molecule has 3 amide bonds. The third-order valence-electron chi connectivity index (χ3n) is 4.34. The van der Waals surface area contributed by atoms with Crippen LogP contribution in [0.2, 0.25) is 0 Å². The van der Waals surface area contributed by atoms with E-state index in [1.165, 1.54) is 18.4 Å². The van der Waals surface area contributed by atoms with Gasteiger partial charge < -0.3 is 20.7 Å². The van der Waals surface area contributed by atoms with Crippen LogP contribution in [0.5, 0.6) is 5.75 Å². The fourth-order valence-electron chi connectivity index (χ4n) is 2.94. The minimum atomic E-state index is -0.372. The molecule has 2 heterocycles. The number of rotatable bonds is 9. The minimum Gasteiger partial charge on any atom is -0.496 e. The van der Waals surface area contributed by atoms with Crippen molar-refractivity contribution in [3.63, 3.8) is 0 Å². The number of benzene rings is 1. The quantitative estimate of drug-likeness (QED) is 0.440. The number of methoxy groups -OCH3 is 1. The van der Waals surface area contributed by atoms with E-state index >= 15 is 0 Å². The summed E-state index contributed by atoms with van der Waals surface area (Å²) in [5.74, 6) is -0.385. The molecule has 2 aromatic heterocycles. The summed E-state index contributed by atoms with van der Waals surface area (Å²) in [7, 11) is 1.47. The summed E-state index contributed by atoms with van der Waals surface area (Å²) in [6, 6.07) is 4.91. The van der Waals surface area contributed by atoms with Gasteiger partial charge in [-0.05, 0) is 38.5 Å². The maximum atomic E-state index is 12.6. The molecule has 3 aromatic rings. The Hall–Kier alpha value is -3.40. The molecule has 3 rings (SSSR count). The summed E-state index contributed by atoms with van der Waals surface area (Å²) in [5, 5.41) is 10.2. The summed E-state index contributed by atoms with van der Waals surface area (Å²) in [5.41, 5.74) is 1.02. The Bertz CT molecular complexity index is 1060. The summed E-state index contributed by atoms with van der Waals surface area (Å²) < 4.78 is 7.05. The molecule has 0 aliphatic carbocycles. The Morgan fingerprint density at radius 2 is 2.03 bits per heavy atom. The third kappa shape index (κ3) is 5.82. The van der Waals surface area contributed by atoms with Gasteiger partial charge in [-0.25, -0.2) is 4.98 Å². The second-order valence-electron chi connectivity index (χ2n) is 7.17. The fraction of sp³-hybridized carbons (Fsp3) is 0.333. The second-order valence-corrected chi connectivity index (χ2v) is 8.04. The van der Waals surface area contributed by atoms with E-state index in [1.54, 1.807) is 28.8 Å². The SMILES string of the molecule is COc1ccc(NC(=O)c2cn3ccsc3n2)cc1C(=O)NCCCC(=O)NC(C)C. The zero-order chi connectivity index (χ0) is 22.4. The first-order valence-corrected chi connectivity index (χ1v) is 10.7. The number of nitrogens with zero attached hydrogens (tertiary/aromatic N) is 2.